The molecule has 3 nitrogen and oxygen atoms in total. The molecule has 0 atom stereocenters. The molecule has 3 rings (SSSR count). The molecular weight excluding hydrogens is 340 g/mol. The molecule has 0 bridgehead atoms. The predicted molar refractivity (Wildman–Crippen MR) is 85.3 cm³/mol. The molecule has 0 aliphatic heterocycles. The number of aromatic amines is 1. The van der Waals surface area contributed by atoms with Crippen molar-refractivity contribution in [1.29, 1.82) is 0 Å². The van der Waals surface area contributed by atoms with Crippen molar-refractivity contribution in [3.8, 4) is 0 Å². The van der Waals surface area contributed by atoms with Crippen molar-refractivity contribution >= 4 is 49.9 Å². The molecule has 0 aliphatic carbocycles. The number of anilines is 1. The molecule has 0 aliphatic rings. The van der Waals surface area contributed by atoms with Crippen LogP contribution >= 0.6 is 27.5 Å². The third kappa shape index (κ3) is 2.11. The van der Waals surface area contributed by atoms with Gasteiger partial charge in [0.05, 0.1) is 5.02 Å². The van der Waals surface area contributed by atoms with E-state index in [0.717, 1.165) is 10.9 Å². The van der Waals surface area contributed by atoms with Crippen molar-refractivity contribution in [2.75, 3.05) is 5.73 Å². The summed E-state index contributed by atoms with van der Waals surface area (Å²) >= 11 is 9.58. The van der Waals surface area contributed by atoms with Crippen LogP contribution in [0.25, 0.3) is 10.9 Å². The second-order valence-electron chi connectivity index (χ2n) is 4.43. The molecule has 0 radical (unpaired) electrons. The summed E-state index contributed by atoms with van der Waals surface area (Å²) in [5.41, 5.74) is 8.19. The van der Waals surface area contributed by atoms with Gasteiger partial charge in [0.15, 0.2) is 5.78 Å². The van der Waals surface area contributed by atoms with Gasteiger partial charge in [-0.3, -0.25) is 4.79 Å². The molecule has 0 saturated heterocycles. The predicted octanol–water partition coefficient (Wildman–Crippen LogP) is 4.40. The molecule has 1 aromatic heterocycles. The summed E-state index contributed by atoms with van der Waals surface area (Å²) in [4.78, 5) is 15.7. The minimum atomic E-state index is -0.122. The molecule has 0 saturated carbocycles. The third-order valence-corrected chi connectivity index (χ3v) is 4.14. The van der Waals surface area contributed by atoms with Crippen LogP contribution in [-0.4, -0.2) is 10.8 Å². The number of fused-ring (bicyclic) bond motifs is 1. The molecular formula is C15H10BrClN2O. The van der Waals surface area contributed by atoms with Gasteiger partial charge in [0.2, 0.25) is 0 Å². The lowest BCUT2D eigenvalue weighted by molar-refractivity contribution is 0.103. The number of nitrogens with one attached hydrogen (secondary N) is 1. The van der Waals surface area contributed by atoms with Crippen LogP contribution in [0.4, 0.5) is 5.69 Å². The number of H-pyrrole nitrogens is 1. The highest BCUT2D eigenvalue weighted by molar-refractivity contribution is 9.10. The van der Waals surface area contributed by atoms with Crippen molar-refractivity contribution in [2.24, 2.45) is 0 Å². The summed E-state index contributed by atoms with van der Waals surface area (Å²) in [6.45, 7) is 0. The monoisotopic (exact) mass is 348 g/mol. The molecule has 2 aromatic carbocycles. The van der Waals surface area contributed by atoms with E-state index in [1.807, 2.05) is 12.1 Å². The van der Waals surface area contributed by atoms with Crippen molar-refractivity contribution in [1.82, 2.24) is 4.98 Å². The van der Waals surface area contributed by atoms with Gasteiger partial charge in [0.25, 0.3) is 0 Å². The van der Waals surface area contributed by atoms with Crippen molar-refractivity contribution in [3.63, 3.8) is 0 Å². The second-order valence-corrected chi connectivity index (χ2v) is 5.69. The smallest absolute Gasteiger partial charge is 0.196 e. The highest BCUT2D eigenvalue weighted by Crippen LogP contribution is 2.30. The van der Waals surface area contributed by atoms with E-state index in [1.54, 1.807) is 30.5 Å². The van der Waals surface area contributed by atoms with Crippen LogP contribution in [0.2, 0.25) is 5.02 Å². The van der Waals surface area contributed by atoms with Crippen LogP contribution in [0.1, 0.15) is 15.9 Å². The zero-order valence-electron chi connectivity index (χ0n) is 10.3. The molecule has 100 valence electrons. The molecule has 3 aromatic rings. The number of nitrogens with two attached hydrogens (primary N) is 1. The van der Waals surface area contributed by atoms with Gasteiger partial charge >= 0.3 is 0 Å². The maximum absolute atomic E-state index is 12.7. The number of benzene rings is 2. The normalized spacial score (nSPS) is 10.9. The number of ketones is 1. The maximum atomic E-state index is 12.7. The highest BCUT2D eigenvalue weighted by Gasteiger charge is 2.18. The summed E-state index contributed by atoms with van der Waals surface area (Å²) < 4.78 is 0.707. The summed E-state index contributed by atoms with van der Waals surface area (Å²) in [7, 11) is 0. The van der Waals surface area contributed by atoms with E-state index in [9.17, 15) is 4.79 Å². The average Bonchev–Trinajstić information content (AvgIpc) is 2.86. The zero-order chi connectivity index (χ0) is 14.3. The molecule has 0 spiro atoms. The first-order valence-electron chi connectivity index (χ1n) is 5.93. The fourth-order valence-electron chi connectivity index (χ4n) is 2.18. The molecule has 0 fully saturated rings. The van der Waals surface area contributed by atoms with Crippen molar-refractivity contribution in [3.05, 3.63) is 63.2 Å². The van der Waals surface area contributed by atoms with Crippen LogP contribution in [-0.2, 0) is 0 Å². The van der Waals surface area contributed by atoms with E-state index in [4.69, 9.17) is 17.3 Å². The van der Waals surface area contributed by atoms with E-state index in [2.05, 4.69) is 20.9 Å². The number of hydrogen-bond acceptors (Lipinski definition) is 2. The van der Waals surface area contributed by atoms with Gasteiger partial charge in [-0.1, -0.05) is 33.6 Å². The average molecular weight is 350 g/mol. The fraction of sp³-hybridized carbons (Fsp3) is 0. The Labute approximate surface area is 128 Å². The molecule has 3 N–H and O–H groups in total. The Balaban J connectivity index is 2.21. The SMILES string of the molecule is Nc1ccc(Br)c(C(=O)c2c[nH]c3cccc(Cl)c23)c1. The quantitative estimate of drug-likeness (QED) is 0.532. The topological polar surface area (TPSA) is 58.9 Å². The number of hydrogen-bond donors (Lipinski definition) is 2. The fourth-order valence-corrected chi connectivity index (χ4v) is 2.88. The van der Waals surface area contributed by atoms with Gasteiger partial charge in [-0.15, -0.1) is 0 Å². The lowest BCUT2D eigenvalue weighted by atomic mass is 10.0. The summed E-state index contributed by atoms with van der Waals surface area (Å²) in [6, 6.07) is 10.6. The van der Waals surface area contributed by atoms with Gasteiger partial charge in [-0.25, -0.2) is 0 Å². The number of carbonyl (C=O) groups excluding carboxylic acids is 1. The summed E-state index contributed by atoms with van der Waals surface area (Å²) in [5, 5.41) is 1.28. The number of halogens is 2. The maximum Gasteiger partial charge on any atom is 0.196 e. The van der Waals surface area contributed by atoms with E-state index < -0.39 is 0 Å². The number of carbonyl (C=O) groups is 1. The molecule has 5 heteroatoms. The molecule has 0 unspecified atom stereocenters. The lowest BCUT2D eigenvalue weighted by Gasteiger charge is -2.05. The largest absolute Gasteiger partial charge is 0.399 e. The minimum Gasteiger partial charge on any atom is -0.399 e. The lowest BCUT2D eigenvalue weighted by Crippen LogP contribution is -2.03. The Hall–Kier alpha value is -1.78. The minimum absolute atomic E-state index is 0.122. The Bertz CT molecular complexity index is 826. The van der Waals surface area contributed by atoms with Crippen LogP contribution in [0.3, 0.4) is 0 Å². The van der Waals surface area contributed by atoms with Crippen LogP contribution in [0.5, 0.6) is 0 Å². The number of rotatable bonds is 2. The third-order valence-electron chi connectivity index (χ3n) is 3.13. The first-order valence-corrected chi connectivity index (χ1v) is 7.10. The Kier molecular flexibility index (Phi) is 3.28. The van der Waals surface area contributed by atoms with Crippen molar-refractivity contribution < 1.29 is 4.79 Å². The highest BCUT2D eigenvalue weighted by atomic mass is 79.9. The van der Waals surface area contributed by atoms with Crippen LogP contribution in [0.15, 0.2) is 47.1 Å². The molecule has 1 heterocycles. The molecule has 20 heavy (non-hydrogen) atoms. The van der Waals surface area contributed by atoms with Gasteiger partial charge in [-0.05, 0) is 30.3 Å². The second kappa shape index (κ2) is 4.96. The van der Waals surface area contributed by atoms with Crippen LogP contribution < -0.4 is 5.73 Å². The van der Waals surface area contributed by atoms with Gasteiger partial charge in [-0.2, -0.15) is 0 Å². The van der Waals surface area contributed by atoms with Gasteiger partial charge < -0.3 is 10.7 Å². The first-order chi connectivity index (χ1) is 9.58. The summed E-state index contributed by atoms with van der Waals surface area (Å²) in [6.07, 6.45) is 1.68. The van der Waals surface area contributed by atoms with E-state index in [1.165, 1.54) is 0 Å². The van der Waals surface area contributed by atoms with Gasteiger partial charge in [0, 0.05) is 38.4 Å². The Morgan fingerprint density at radius 1 is 1.20 bits per heavy atom. The Morgan fingerprint density at radius 2 is 2.00 bits per heavy atom. The zero-order valence-corrected chi connectivity index (χ0v) is 12.6. The summed E-state index contributed by atoms with van der Waals surface area (Å²) in [5.74, 6) is -0.122. The number of nitrogen functional groups attached to an aromatic ring is 1. The Morgan fingerprint density at radius 3 is 2.80 bits per heavy atom. The standard InChI is InChI=1S/C15H10BrClN2O/c16-11-5-4-8(18)6-9(11)15(20)10-7-19-13-3-1-2-12(17)14(10)13/h1-7,19H,18H2. The van der Waals surface area contributed by atoms with E-state index in [-0.39, 0.29) is 5.78 Å². The molecule has 0 amide bonds. The van der Waals surface area contributed by atoms with Crippen molar-refractivity contribution in [2.45, 2.75) is 0 Å². The first kappa shape index (κ1) is 13.2. The van der Waals surface area contributed by atoms with Crippen LogP contribution in [0, 0.1) is 0 Å². The number of aromatic nitrogens is 1. The van der Waals surface area contributed by atoms with E-state index >= 15 is 0 Å². The van der Waals surface area contributed by atoms with Gasteiger partial charge in [0.1, 0.15) is 0 Å². The van der Waals surface area contributed by atoms with E-state index in [0.29, 0.717) is 26.3 Å².